The van der Waals surface area contributed by atoms with E-state index in [-0.39, 0.29) is 5.56 Å². The van der Waals surface area contributed by atoms with Crippen LogP contribution in [0.3, 0.4) is 0 Å². The smallest absolute Gasteiger partial charge is 0.337 e. The molecule has 0 aliphatic carbocycles. The molecule has 0 aliphatic heterocycles. The number of para-hydroxylation sites is 1. The Morgan fingerprint density at radius 3 is 2.84 bits per heavy atom. The largest absolute Gasteiger partial charge is 0.478 e. The fourth-order valence-electron chi connectivity index (χ4n) is 1.93. The van der Waals surface area contributed by atoms with Gasteiger partial charge in [-0.15, -0.1) is 11.3 Å². The molecule has 0 radical (unpaired) electrons. The van der Waals surface area contributed by atoms with Crippen LogP contribution >= 0.6 is 11.3 Å². The Bertz CT molecular complexity index is 610. The molecule has 0 amide bonds. The van der Waals surface area contributed by atoms with Gasteiger partial charge in [0.1, 0.15) is 0 Å². The Balaban J connectivity index is 2.36. The van der Waals surface area contributed by atoms with E-state index in [4.69, 9.17) is 5.73 Å². The quantitative estimate of drug-likeness (QED) is 0.839. The molecule has 2 aromatic rings. The second-order valence-corrected chi connectivity index (χ2v) is 5.20. The zero-order valence-electron chi connectivity index (χ0n) is 10.8. The molecule has 0 fully saturated rings. The predicted molar refractivity (Wildman–Crippen MR) is 76.8 cm³/mol. The van der Waals surface area contributed by atoms with Crippen molar-refractivity contribution in [2.24, 2.45) is 0 Å². The molecule has 0 bridgehead atoms. The van der Waals surface area contributed by atoms with Gasteiger partial charge < -0.3 is 15.7 Å². The lowest BCUT2D eigenvalue weighted by Crippen LogP contribution is -2.20. The molecule has 3 N–H and O–H groups in total. The number of benzene rings is 1. The Morgan fingerprint density at radius 2 is 2.26 bits per heavy atom. The molecule has 5 nitrogen and oxygen atoms in total. The SMILES string of the molecule is Cc1ncsc1CN(C)c1c(N)cccc1C(=O)O. The average molecular weight is 277 g/mol. The Labute approximate surface area is 115 Å². The Kier molecular flexibility index (Phi) is 3.71. The number of rotatable bonds is 4. The number of aryl methyl sites for hydroxylation is 1. The molecule has 100 valence electrons. The van der Waals surface area contributed by atoms with Gasteiger partial charge in [0.2, 0.25) is 0 Å². The molecule has 19 heavy (non-hydrogen) atoms. The normalized spacial score (nSPS) is 10.4. The van der Waals surface area contributed by atoms with Crippen molar-refractivity contribution >= 4 is 28.7 Å². The van der Waals surface area contributed by atoms with Gasteiger partial charge in [-0.25, -0.2) is 9.78 Å². The number of nitrogens with two attached hydrogens (primary N) is 1. The third-order valence-corrected chi connectivity index (χ3v) is 3.82. The van der Waals surface area contributed by atoms with E-state index in [9.17, 15) is 9.90 Å². The second kappa shape index (κ2) is 5.27. The predicted octanol–water partition coefficient (Wildman–Crippen LogP) is 2.37. The molecule has 0 saturated carbocycles. The summed E-state index contributed by atoms with van der Waals surface area (Å²) in [5.74, 6) is -0.977. The van der Waals surface area contributed by atoms with Crippen LogP contribution in [0.15, 0.2) is 23.7 Å². The topological polar surface area (TPSA) is 79.5 Å². The van der Waals surface area contributed by atoms with Crippen LogP contribution < -0.4 is 10.6 Å². The van der Waals surface area contributed by atoms with Crippen molar-refractivity contribution in [2.75, 3.05) is 17.7 Å². The van der Waals surface area contributed by atoms with E-state index in [1.165, 1.54) is 0 Å². The van der Waals surface area contributed by atoms with E-state index >= 15 is 0 Å². The molecule has 1 aromatic heterocycles. The summed E-state index contributed by atoms with van der Waals surface area (Å²) in [5.41, 5.74) is 9.87. The van der Waals surface area contributed by atoms with E-state index in [0.29, 0.717) is 17.9 Å². The summed E-state index contributed by atoms with van der Waals surface area (Å²) < 4.78 is 0. The number of hydrogen-bond donors (Lipinski definition) is 2. The van der Waals surface area contributed by atoms with Gasteiger partial charge in [0.25, 0.3) is 0 Å². The van der Waals surface area contributed by atoms with E-state index in [0.717, 1.165) is 10.6 Å². The molecule has 0 saturated heterocycles. The molecule has 0 atom stereocenters. The first-order valence-electron chi connectivity index (χ1n) is 5.72. The van der Waals surface area contributed by atoms with Crippen molar-refractivity contribution in [3.05, 3.63) is 39.8 Å². The summed E-state index contributed by atoms with van der Waals surface area (Å²) in [4.78, 5) is 18.4. The lowest BCUT2D eigenvalue weighted by Gasteiger charge is -2.22. The van der Waals surface area contributed by atoms with E-state index in [2.05, 4.69) is 4.98 Å². The van der Waals surface area contributed by atoms with Gasteiger partial charge in [0, 0.05) is 11.9 Å². The number of aromatic nitrogens is 1. The van der Waals surface area contributed by atoms with Crippen LogP contribution in [0.4, 0.5) is 11.4 Å². The third-order valence-electron chi connectivity index (χ3n) is 2.90. The second-order valence-electron chi connectivity index (χ2n) is 4.27. The van der Waals surface area contributed by atoms with Gasteiger partial charge in [-0.2, -0.15) is 0 Å². The van der Waals surface area contributed by atoms with Crippen molar-refractivity contribution in [1.82, 2.24) is 4.98 Å². The van der Waals surface area contributed by atoms with Crippen molar-refractivity contribution < 1.29 is 9.90 Å². The van der Waals surface area contributed by atoms with E-state index < -0.39 is 5.97 Å². The van der Waals surface area contributed by atoms with Gasteiger partial charge >= 0.3 is 5.97 Å². The van der Waals surface area contributed by atoms with Crippen molar-refractivity contribution in [3.8, 4) is 0 Å². The maximum absolute atomic E-state index is 11.3. The van der Waals surface area contributed by atoms with Gasteiger partial charge in [0.15, 0.2) is 0 Å². The van der Waals surface area contributed by atoms with Gasteiger partial charge in [-0.3, -0.25) is 0 Å². The molecular formula is C13H15N3O2S. The van der Waals surface area contributed by atoms with Gasteiger partial charge in [-0.05, 0) is 19.1 Å². The summed E-state index contributed by atoms with van der Waals surface area (Å²) in [6.07, 6.45) is 0. The van der Waals surface area contributed by atoms with E-state index in [1.54, 1.807) is 35.0 Å². The number of thiazole rings is 1. The summed E-state index contributed by atoms with van der Waals surface area (Å²) in [7, 11) is 1.83. The number of carbonyl (C=O) groups is 1. The molecule has 6 heteroatoms. The summed E-state index contributed by atoms with van der Waals surface area (Å²) in [5, 5.41) is 9.23. The maximum atomic E-state index is 11.3. The number of nitrogens with zero attached hydrogens (tertiary/aromatic N) is 2. The average Bonchev–Trinajstić information content (AvgIpc) is 2.74. The van der Waals surface area contributed by atoms with Gasteiger partial charge in [-0.1, -0.05) is 6.07 Å². The Morgan fingerprint density at radius 1 is 1.53 bits per heavy atom. The highest BCUT2D eigenvalue weighted by atomic mass is 32.1. The fourth-order valence-corrected chi connectivity index (χ4v) is 2.76. The molecule has 0 spiro atoms. The van der Waals surface area contributed by atoms with Crippen LogP contribution in [0.1, 0.15) is 20.9 Å². The van der Waals surface area contributed by atoms with Crippen LogP contribution in [0, 0.1) is 6.92 Å². The number of hydrogen-bond acceptors (Lipinski definition) is 5. The highest BCUT2D eigenvalue weighted by Gasteiger charge is 2.17. The first kappa shape index (κ1) is 13.4. The minimum atomic E-state index is -0.977. The highest BCUT2D eigenvalue weighted by molar-refractivity contribution is 7.09. The van der Waals surface area contributed by atoms with E-state index in [1.807, 2.05) is 18.9 Å². The first-order valence-corrected chi connectivity index (χ1v) is 6.60. The summed E-state index contributed by atoms with van der Waals surface area (Å²) >= 11 is 1.55. The highest BCUT2D eigenvalue weighted by Crippen LogP contribution is 2.29. The number of aromatic carboxylic acids is 1. The van der Waals surface area contributed by atoms with Crippen molar-refractivity contribution in [1.29, 1.82) is 0 Å². The standard InChI is InChI=1S/C13H15N3O2S/c1-8-11(19-7-15-8)6-16(2)12-9(13(17)18)4-3-5-10(12)14/h3-5,7H,6,14H2,1-2H3,(H,17,18). The monoisotopic (exact) mass is 277 g/mol. The zero-order valence-corrected chi connectivity index (χ0v) is 11.6. The third kappa shape index (κ3) is 2.68. The number of nitrogen functional groups attached to an aromatic ring is 1. The molecule has 1 heterocycles. The van der Waals surface area contributed by atoms with Crippen LogP contribution in [-0.4, -0.2) is 23.1 Å². The van der Waals surface area contributed by atoms with Crippen molar-refractivity contribution in [3.63, 3.8) is 0 Å². The lowest BCUT2D eigenvalue weighted by molar-refractivity contribution is 0.0697. The van der Waals surface area contributed by atoms with Crippen LogP contribution in [0.25, 0.3) is 0 Å². The number of carboxylic acids is 1. The van der Waals surface area contributed by atoms with Gasteiger partial charge in [0.05, 0.1) is 34.7 Å². The molecule has 2 rings (SSSR count). The molecule has 0 aliphatic rings. The van der Waals surface area contributed by atoms with Crippen LogP contribution in [-0.2, 0) is 6.54 Å². The van der Waals surface area contributed by atoms with Crippen LogP contribution in [0.2, 0.25) is 0 Å². The fraction of sp³-hybridized carbons (Fsp3) is 0.231. The maximum Gasteiger partial charge on any atom is 0.337 e. The Hall–Kier alpha value is -2.08. The molecule has 1 aromatic carbocycles. The summed E-state index contributed by atoms with van der Waals surface area (Å²) in [6, 6.07) is 4.91. The minimum absolute atomic E-state index is 0.213. The van der Waals surface area contributed by atoms with Crippen molar-refractivity contribution in [2.45, 2.75) is 13.5 Å². The zero-order chi connectivity index (χ0) is 14.0. The first-order chi connectivity index (χ1) is 9.00. The number of carboxylic acid groups (broad SMARTS) is 1. The molecular weight excluding hydrogens is 262 g/mol. The number of anilines is 2. The molecule has 0 unspecified atom stereocenters. The minimum Gasteiger partial charge on any atom is -0.478 e. The lowest BCUT2D eigenvalue weighted by atomic mass is 10.1. The summed E-state index contributed by atoms with van der Waals surface area (Å²) in [6.45, 7) is 2.52. The van der Waals surface area contributed by atoms with Crippen LogP contribution in [0.5, 0.6) is 0 Å².